The Morgan fingerprint density at radius 1 is 1.22 bits per heavy atom. The third-order valence-electron chi connectivity index (χ3n) is 4.11. The van der Waals surface area contributed by atoms with E-state index >= 15 is 0 Å². The van der Waals surface area contributed by atoms with Crippen LogP contribution in [0.5, 0.6) is 0 Å². The van der Waals surface area contributed by atoms with Crippen LogP contribution in [-0.4, -0.2) is 27.2 Å². The average molecular weight is 398 g/mol. The van der Waals surface area contributed by atoms with Crippen molar-refractivity contribution in [2.45, 2.75) is 13.3 Å². The van der Waals surface area contributed by atoms with Gasteiger partial charge < -0.3 is 4.74 Å². The summed E-state index contributed by atoms with van der Waals surface area (Å²) in [6.07, 6.45) is 2.36. The normalized spacial score (nSPS) is 11.0. The van der Waals surface area contributed by atoms with Crippen LogP contribution in [0.25, 0.3) is 16.8 Å². The van der Waals surface area contributed by atoms with E-state index in [4.69, 9.17) is 21.4 Å². The van der Waals surface area contributed by atoms with Gasteiger partial charge in [0.15, 0.2) is 5.69 Å². The first kappa shape index (κ1) is 17.7. The van der Waals surface area contributed by atoms with Crippen molar-refractivity contribution in [2.75, 3.05) is 6.61 Å². The van der Waals surface area contributed by atoms with Gasteiger partial charge in [-0.25, -0.2) is 14.3 Å². The number of pyridine rings is 1. The Kier molecular flexibility index (Phi) is 4.92. The van der Waals surface area contributed by atoms with Crippen molar-refractivity contribution < 1.29 is 9.53 Å². The van der Waals surface area contributed by atoms with Crippen LogP contribution in [0, 0.1) is 0 Å². The first-order valence-corrected chi connectivity index (χ1v) is 9.75. The molecule has 0 unspecified atom stereocenters. The zero-order chi connectivity index (χ0) is 18.8. The van der Waals surface area contributed by atoms with Gasteiger partial charge in [0, 0.05) is 29.1 Å². The maximum absolute atomic E-state index is 11.9. The van der Waals surface area contributed by atoms with Crippen molar-refractivity contribution in [1.82, 2.24) is 14.6 Å². The standard InChI is InChI=1S/C20H16ClN3O2S/c1-2-26-20(25)16-12-27-18(22-16)10-15-17-9-8-14(21)11-24(17)23-19(15)13-6-4-3-5-7-13/h3-9,11-12H,2,10H2,1H3. The van der Waals surface area contributed by atoms with Gasteiger partial charge in [-0.15, -0.1) is 11.3 Å². The van der Waals surface area contributed by atoms with E-state index in [1.165, 1.54) is 11.3 Å². The summed E-state index contributed by atoms with van der Waals surface area (Å²) in [4.78, 5) is 16.3. The molecular formula is C20H16ClN3O2S. The number of hydrogen-bond acceptors (Lipinski definition) is 5. The van der Waals surface area contributed by atoms with Gasteiger partial charge in [0.25, 0.3) is 0 Å². The van der Waals surface area contributed by atoms with Gasteiger partial charge in [0.1, 0.15) is 0 Å². The number of halogens is 1. The molecule has 3 aromatic heterocycles. The lowest BCUT2D eigenvalue weighted by Crippen LogP contribution is -2.05. The molecule has 0 fully saturated rings. The van der Waals surface area contributed by atoms with Gasteiger partial charge in [-0.2, -0.15) is 5.10 Å². The Bertz CT molecular complexity index is 1110. The second-order valence-corrected chi connectivity index (χ2v) is 7.27. The molecule has 136 valence electrons. The van der Waals surface area contributed by atoms with Gasteiger partial charge in [0.2, 0.25) is 0 Å². The lowest BCUT2D eigenvalue weighted by molar-refractivity contribution is 0.0520. The number of rotatable bonds is 5. The molecule has 7 heteroatoms. The number of nitrogens with zero attached hydrogens (tertiary/aromatic N) is 3. The fourth-order valence-electron chi connectivity index (χ4n) is 2.92. The molecule has 0 radical (unpaired) electrons. The summed E-state index contributed by atoms with van der Waals surface area (Å²) in [5, 5.41) is 7.92. The quantitative estimate of drug-likeness (QED) is 0.450. The van der Waals surface area contributed by atoms with Crippen LogP contribution < -0.4 is 0 Å². The first-order chi connectivity index (χ1) is 13.2. The van der Waals surface area contributed by atoms with E-state index in [1.807, 2.05) is 42.5 Å². The van der Waals surface area contributed by atoms with E-state index < -0.39 is 5.97 Å². The van der Waals surface area contributed by atoms with Gasteiger partial charge in [0.05, 0.1) is 27.8 Å². The van der Waals surface area contributed by atoms with Crippen LogP contribution in [0.4, 0.5) is 0 Å². The van der Waals surface area contributed by atoms with Crippen LogP contribution in [0.2, 0.25) is 5.02 Å². The lowest BCUT2D eigenvalue weighted by atomic mass is 10.0. The molecule has 27 heavy (non-hydrogen) atoms. The monoisotopic (exact) mass is 397 g/mol. The third kappa shape index (κ3) is 3.59. The van der Waals surface area contributed by atoms with E-state index in [0.29, 0.717) is 23.7 Å². The number of carbonyl (C=O) groups is 1. The highest BCUT2D eigenvalue weighted by molar-refractivity contribution is 7.09. The van der Waals surface area contributed by atoms with Gasteiger partial charge >= 0.3 is 5.97 Å². The van der Waals surface area contributed by atoms with Gasteiger partial charge in [-0.05, 0) is 19.1 Å². The molecule has 0 spiro atoms. The molecule has 0 bridgehead atoms. The van der Waals surface area contributed by atoms with Crippen molar-refractivity contribution in [3.63, 3.8) is 0 Å². The average Bonchev–Trinajstić information content (AvgIpc) is 3.28. The number of carbonyl (C=O) groups excluding carboxylic acids is 1. The summed E-state index contributed by atoms with van der Waals surface area (Å²) < 4.78 is 6.82. The lowest BCUT2D eigenvalue weighted by Gasteiger charge is -2.02. The topological polar surface area (TPSA) is 56.5 Å². The van der Waals surface area contributed by atoms with Gasteiger partial charge in [-0.3, -0.25) is 0 Å². The number of thiazole rings is 1. The number of aromatic nitrogens is 3. The Morgan fingerprint density at radius 3 is 2.81 bits per heavy atom. The molecule has 0 aliphatic heterocycles. The molecule has 4 aromatic rings. The largest absolute Gasteiger partial charge is 0.461 e. The summed E-state index contributed by atoms with van der Waals surface area (Å²) >= 11 is 7.57. The smallest absolute Gasteiger partial charge is 0.357 e. The van der Waals surface area contributed by atoms with Crippen molar-refractivity contribution in [3.05, 3.63) is 75.3 Å². The summed E-state index contributed by atoms with van der Waals surface area (Å²) in [7, 11) is 0. The Hall–Kier alpha value is -2.70. The predicted molar refractivity (Wildman–Crippen MR) is 107 cm³/mol. The number of hydrogen-bond donors (Lipinski definition) is 0. The fraction of sp³-hybridized carbons (Fsp3) is 0.150. The molecule has 3 heterocycles. The number of ether oxygens (including phenoxy) is 1. The summed E-state index contributed by atoms with van der Waals surface area (Å²) in [6, 6.07) is 13.8. The maximum Gasteiger partial charge on any atom is 0.357 e. The molecule has 0 saturated heterocycles. The maximum atomic E-state index is 11.9. The summed E-state index contributed by atoms with van der Waals surface area (Å²) in [6.45, 7) is 2.11. The molecular weight excluding hydrogens is 382 g/mol. The SMILES string of the molecule is CCOC(=O)c1csc(Cc2c(-c3ccccc3)nn3cc(Cl)ccc23)n1. The molecule has 0 amide bonds. The third-order valence-corrected chi connectivity index (χ3v) is 5.18. The molecule has 0 aliphatic carbocycles. The minimum atomic E-state index is -0.394. The second-order valence-electron chi connectivity index (χ2n) is 5.89. The Morgan fingerprint density at radius 2 is 2.04 bits per heavy atom. The van der Waals surface area contributed by atoms with Crippen LogP contribution in [0.1, 0.15) is 28.0 Å². The highest BCUT2D eigenvalue weighted by Crippen LogP contribution is 2.30. The first-order valence-electron chi connectivity index (χ1n) is 8.49. The molecule has 1 aromatic carbocycles. The van der Waals surface area contributed by atoms with Crippen LogP contribution in [0.15, 0.2) is 54.0 Å². The molecule has 0 saturated carbocycles. The second kappa shape index (κ2) is 7.50. The Labute approximate surface area is 165 Å². The van der Waals surface area contributed by atoms with Crippen molar-refractivity contribution >= 4 is 34.4 Å². The predicted octanol–water partition coefficient (Wildman–Crippen LogP) is 4.88. The zero-order valence-electron chi connectivity index (χ0n) is 14.6. The van der Waals surface area contributed by atoms with Crippen molar-refractivity contribution in [3.8, 4) is 11.3 Å². The zero-order valence-corrected chi connectivity index (χ0v) is 16.1. The minimum absolute atomic E-state index is 0.332. The minimum Gasteiger partial charge on any atom is -0.461 e. The summed E-state index contributed by atoms with van der Waals surface area (Å²) in [5.41, 5.74) is 4.26. The number of fused-ring (bicyclic) bond motifs is 1. The number of esters is 1. The molecule has 4 rings (SSSR count). The fourth-order valence-corrected chi connectivity index (χ4v) is 3.85. The Balaban J connectivity index is 1.77. The van der Waals surface area contributed by atoms with Crippen molar-refractivity contribution in [2.24, 2.45) is 0 Å². The summed E-state index contributed by atoms with van der Waals surface area (Å²) in [5.74, 6) is -0.394. The molecule has 0 aliphatic rings. The van der Waals surface area contributed by atoms with Crippen LogP contribution in [-0.2, 0) is 11.2 Å². The molecule has 0 atom stereocenters. The molecule has 5 nitrogen and oxygen atoms in total. The van der Waals surface area contributed by atoms with E-state index in [2.05, 4.69) is 4.98 Å². The highest BCUT2D eigenvalue weighted by Gasteiger charge is 2.18. The van der Waals surface area contributed by atoms with Crippen LogP contribution in [0.3, 0.4) is 0 Å². The van der Waals surface area contributed by atoms with E-state index in [-0.39, 0.29) is 0 Å². The van der Waals surface area contributed by atoms with Gasteiger partial charge in [-0.1, -0.05) is 41.9 Å². The van der Waals surface area contributed by atoms with E-state index in [9.17, 15) is 4.79 Å². The van der Waals surface area contributed by atoms with Crippen LogP contribution >= 0.6 is 22.9 Å². The number of benzene rings is 1. The van der Waals surface area contributed by atoms with Crippen molar-refractivity contribution in [1.29, 1.82) is 0 Å². The molecule has 0 N–H and O–H groups in total. The van der Waals surface area contributed by atoms with E-state index in [1.54, 1.807) is 23.0 Å². The highest BCUT2D eigenvalue weighted by atomic mass is 35.5. The van der Waals surface area contributed by atoms with E-state index in [0.717, 1.165) is 27.3 Å².